The molecule has 0 saturated heterocycles. The number of allylic oxidation sites excluding steroid dienone is 1. The van der Waals surface area contributed by atoms with Gasteiger partial charge in [0.25, 0.3) is 5.91 Å². The Morgan fingerprint density at radius 1 is 0.825 bits per heavy atom. The maximum atomic E-state index is 12.3. The van der Waals surface area contributed by atoms with E-state index in [1.807, 2.05) is 44.4 Å². The van der Waals surface area contributed by atoms with Gasteiger partial charge in [-0.2, -0.15) is 5.10 Å². The van der Waals surface area contributed by atoms with Gasteiger partial charge in [-0.1, -0.05) is 73.7 Å². The fraction of sp³-hybridized carbons (Fsp3) is 0.176. The number of rotatable bonds is 11. The summed E-state index contributed by atoms with van der Waals surface area (Å²) < 4.78 is 5.92. The first-order valence-electron chi connectivity index (χ1n) is 13.4. The maximum Gasteiger partial charge on any atom is 0.271 e. The summed E-state index contributed by atoms with van der Waals surface area (Å²) in [5.41, 5.74) is 16.1. The molecule has 0 fully saturated rings. The van der Waals surface area contributed by atoms with Crippen LogP contribution in [-0.4, -0.2) is 44.3 Å². The van der Waals surface area contributed by atoms with Crippen molar-refractivity contribution in [3.8, 4) is 5.75 Å². The lowest BCUT2D eigenvalue weighted by atomic mass is 9.88. The Kier molecular flexibility index (Phi) is 9.86. The number of amides is 1. The fourth-order valence-corrected chi connectivity index (χ4v) is 4.34. The zero-order chi connectivity index (χ0) is 28.3. The second-order valence-corrected chi connectivity index (χ2v) is 9.69. The lowest BCUT2D eigenvalue weighted by Gasteiger charge is -2.17. The lowest BCUT2D eigenvalue weighted by molar-refractivity contribution is 0.0955. The molecule has 4 rings (SSSR count). The van der Waals surface area contributed by atoms with Crippen molar-refractivity contribution >= 4 is 29.0 Å². The van der Waals surface area contributed by atoms with E-state index in [1.54, 1.807) is 30.5 Å². The monoisotopic (exact) mass is 532 g/mol. The van der Waals surface area contributed by atoms with Crippen molar-refractivity contribution in [3.05, 3.63) is 131 Å². The van der Waals surface area contributed by atoms with Crippen molar-refractivity contribution in [1.82, 2.24) is 10.3 Å². The van der Waals surface area contributed by atoms with Crippen LogP contribution in [0.5, 0.6) is 5.75 Å². The van der Waals surface area contributed by atoms with Crippen LogP contribution >= 0.6 is 0 Å². The van der Waals surface area contributed by atoms with E-state index in [0.29, 0.717) is 17.9 Å². The van der Waals surface area contributed by atoms with Crippen LogP contribution in [0.25, 0.3) is 11.1 Å². The zero-order valence-electron chi connectivity index (χ0n) is 23.3. The predicted molar refractivity (Wildman–Crippen MR) is 165 cm³/mol. The Hall–Kier alpha value is -4.68. The van der Waals surface area contributed by atoms with Crippen molar-refractivity contribution in [2.24, 2.45) is 5.10 Å². The molecule has 4 aromatic carbocycles. The highest BCUT2D eigenvalue weighted by Crippen LogP contribution is 2.35. The van der Waals surface area contributed by atoms with E-state index in [4.69, 9.17) is 10.5 Å². The van der Waals surface area contributed by atoms with Crippen molar-refractivity contribution < 1.29 is 9.53 Å². The fourth-order valence-electron chi connectivity index (χ4n) is 4.34. The number of hydrogen-bond donors (Lipinski definition) is 2. The van der Waals surface area contributed by atoms with Crippen LogP contribution in [0.4, 0.5) is 5.69 Å². The first-order chi connectivity index (χ1) is 19.4. The molecule has 1 amide bonds. The van der Waals surface area contributed by atoms with Gasteiger partial charge in [0.05, 0.1) is 6.21 Å². The van der Waals surface area contributed by atoms with Crippen molar-refractivity contribution in [1.29, 1.82) is 0 Å². The highest BCUT2D eigenvalue weighted by atomic mass is 16.5. The number of anilines is 1. The zero-order valence-corrected chi connectivity index (χ0v) is 23.3. The van der Waals surface area contributed by atoms with E-state index in [9.17, 15) is 4.79 Å². The minimum atomic E-state index is -0.289. The molecule has 6 heteroatoms. The highest BCUT2D eigenvalue weighted by molar-refractivity contribution is 5.99. The molecule has 3 N–H and O–H groups in total. The minimum absolute atomic E-state index is 0.289. The largest absolute Gasteiger partial charge is 0.492 e. The third-order valence-corrected chi connectivity index (χ3v) is 6.48. The van der Waals surface area contributed by atoms with E-state index in [1.165, 1.54) is 16.7 Å². The van der Waals surface area contributed by atoms with Gasteiger partial charge in [-0.05, 0) is 90.3 Å². The highest BCUT2D eigenvalue weighted by Gasteiger charge is 2.13. The number of nitrogen functional groups attached to an aromatic ring is 1. The Balaban J connectivity index is 1.58. The van der Waals surface area contributed by atoms with E-state index >= 15 is 0 Å². The molecule has 0 heterocycles. The minimum Gasteiger partial charge on any atom is -0.492 e. The number of carbonyl (C=O) groups is 1. The second kappa shape index (κ2) is 13.9. The maximum absolute atomic E-state index is 12.3. The molecule has 6 nitrogen and oxygen atoms in total. The van der Waals surface area contributed by atoms with Crippen molar-refractivity contribution in [2.45, 2.75) is 13.3 Å². The summed E-state index contributed by atoms with van der Waals surface area (Å²) in [5.74, 6) is 0.568. The molecule has 0 atom stereocenters. The first kappa shape index (κ1) is 28.3. The summed E-state index contributed by atoms with van der Waals surface area (Å²) in [6, 6.07) is 33.7. The summed E-state index contributed by atoms with van der Waals surface area (Å²) in [6.45, 7) is 3.69. The van der Waals surface area contributed by atoms with Crippen LogP contribution in [-0.2, 0) is 0 Å². The van der Waals surface area contributed by atoms with E-state index < -0.39 is 0 Å². The van der Waals surface area contributed by atoms with Crippen molar-refractivity contribution in [2.75, 3.05) is 33.0 Å². The molecule has 0 radical (unpaired) electrons. The summed E-state index contributed by atoms with van der Waals surface area (Å²) in [5, 5.41) is 4.13. The van der Waals surface area contributed by atoms with Gasteiger partial charge in [-0.25, -0.2) is 5.43 Å². The molecule has 0 aromatic heterocycles. The Morgan fingerprint density at radius 2 is 1.43 bits per heavy atom. The number of likely N-dealkylation sites (N-methyl/N-ethyl adjacent to an activating group) is 1. The molecule has 40 heavy (non-hydrogen) atoms. The Bertz CT molecular complexity index is 1440. The Labute approximate surface area is 236 Å². The number of carbonyl (C=O) groups excluding carboxylic acids is 1. The number of nitrogens with zero attached hydrogens (tertiary/aromatic N) is 2. The standard InChI is InChI=1S/C34H36N4O2/c1-4-32(26-8-6-5-7-9-26)33(28-16-20-31(21-17-28)40-23-22-38(2)3)27-12-10-25(11-13-27)24-36-37-34(39)29-14-18-30(35)19-15-29/h5-21,24H,4,22-23,35H2,1-3H3,(H,37,39)/b33-32-,36-24+. The van der Waals surface area contributed by atoms with Gasteiger partial charge in [0.1, 0.15) is 12.4 Å². The topological polar surface area (TPSA) is 80.0 Å². The summed E-state index contributed by atoms with van der Waals surface area (Å²) in [4.78, 5) is 14.4. The number of hydrogen-bond acceptors (Lipinski definition) is 5. The number of nitrogens with one attached hydrogen (secondary N) is 1. The second-order valence-electron chi connectivity index (χ2n) is 9.69. The molecule has 4 aromatic rings. The lowest BCUT2D eigenvalue weighted by Crippen LogP contribution is -2.19. The first-order valence-corrected chi connectivity index (χ1v) is 13.4. The smallest absolute Gasteiger partial charge is 0.271 e. The number of benzene rings is 4. The summed E-state index contributed by atoms with van der Waals surface area (Å²) >= 11 is 0. The van der Waals surface area contributed by atoms with E-state index in [2.05, 4.69) is 70.9 Å². The number of nitrogens with two attached hydrogens (primary N) is 1. The molecular weight excluding hydrogens is 496 g/mol. The Morgan fingerprint density at radius 3 is 2.02 bits per heavy atom. The third kappa shape index (κ3) is 7.68. The quantitative estimate of drug-likeness (QED) is 0.102. The third-order valence-electron chi connectivity index (χ3n) is 6.48. The number of hydrazone groups is 1. The van der Waals surface area contributed by atoms with Crippen LogP contribution in [0.15, 0.2) is 108 Å². The van der Waals surface area contributed by atoms with Gasteiger partial charge in [-0.3, -0.25) is 4.79 Å². The van der Waals surface area contributed by atoms with Gasteiger partial charge in [0, 0.05) is 17.8 Å². The van der Waals surface area contributed by atoms with Crippen molar-refractivity contribution in [3.63, 3.8) is 0 Å². The summed E-state index contributed by atoms with van der Waals surface area (Å²) in [7, 11) is 4.07. The molecular formula is C34H36N4O2. The van der Waals surface area contributed by atoms with Crippen LogP contribution < -0.4 is 15.9 Å². The molecule has 0 aliphatic heterocycles. The number of ether oxygens (including phenoxy) is 1. The molecule has 0 unspecified atom stereocenters. The van der Waals surface area contributed by atoms with Gasteiger partial charge >= 0.3 is 0 Å². The molecule has 0 aliphatic carbocycles. The molecule has 0 spiro atoms. The van der Waals surface area contributed by atoms with Gasteiger partial charge in [0.2, 0.25) is 0 Å². The van der Waals surface area contributed by atoms with E-state index in [0.717, 1.165) is 35.4 Å². The van der Waals surface area contributed by atoms with Crippen LogP contribution in [0.1, 0.15) is 46.0 Å². The van der Waals surface area contributed by atoms with Gasteiger partial charge in [-0.15, -0.1) is 0 Å². The van der Waals surface area contributed by atoms with Crippen LogP contribution in [0, 0.1) is 0 Å². The molecule has 204 valence electrons. The molecule has 0 saturated carbocycles. The molecule has 0 bridgehead atoms. The predicted octanol–water partition coefficient (Wildman–Crippen LogP) is 6.34. The summed E-state index contributed by atoms with van der Waals surface area (Å²) in [6.07, 6.45) is 2.51. The average molecular weight is 533 g/mol. The SMILES string of the molecule is CC/C(=C(\c1ccc(/C=N/NC(=O)c2ccc(N)cc2)cc1)c1ccc(OCCN(C)C)cc1)c1ccccc1. The average Bonchev–Trinajstić information content (AvgIpc) is 2.97. The molecule has 0 aliphatic rings. The van der Waals surface area contributed by atoms with Gasteiger partial charge < -0.3 is 15.4 Å². The normalized spacial score (nSPS) is 11.9. The van der Waals surface area contributed by atoms with Gasteiger partial charge in [0.15, 0.2) is 0 Å². The van der Waals surface area contributed by atoms with Crippen LogP contribution in [0.2, 0.25) is 0 Å². The van der Waals surface area contributed by atoms with Crippen LogP contribution in [0.3, 0.4) is 0 Å². The van der Waals surface area contributed by atoms with E-state index in [-0.39, 0.29) is 5.91 Å².